The SMILES string of the molecule is CCSC1=C(c2ccccc2)C(=O)N(c2cc(OC)cc(OC)c2)C1=O. The summed E-state index contributed by atoms with van der Waals surface area (Å²) in [6, 6.07) is 14.3. The van der Waals surface area contributed by atoms with Crippen molar-refractivity contribution in [3.05, 3.63) is 59.0 Å². The van der Waals surface area contributed by atoms with E-state index in [0.29, 0.717) is 33.4 Å². The molecule has 1 aliphatic rings. The standard InChI is InChI=1S/C20H19NO4S/c1-4-26-18-17(13-8-6-5-7-9-13)19(22)21(20(18)23)14-10-15(24-2)12-16(11-14)25-3/h5-12H,4H2,1-3H3. The zero-order chi connectivity index (χ0) is 18.7. The van der Waals surface area contributed by atoms with E-state index in [2.05, 4.69) is 0 Å². The summed E-state index contributed by atoms with van der Waals surface area (Å²) in [5.41, 5.74) is 1.60. The Balaban J connectivity index is 2.10. The fraction of sp³-hybridized carbons (Fsp3) is 0.200. The van der Waals surface area contributed by atoms with E-state index in [-0.39, 0.29) is 11.8 Å². The lowest BCUT2D eigenvalue weighted by atomic mass is 10.1. The third-order valence-corrected chi connectivity index (χ3v) is 4.94. The van der Waals surface area contributed by atoms with E-state index in [0.717, 1.165) is 5.56 Å². The molecule has 1 aliphatic heterocycles. The maximum absolute atomic E-state index is 13.2. The van der Waals surface area contributed by atoms with Gasteiger partial charge in [-0.1, -0.05) is 37.3 Å². The Morgan fingerprint density at radius 3 is 2.08 bits per heavy atom. The number of imide groups is 1. The molecular weight excluding hydrogens is 350 g/mol. The number of carbonyl (C=O) groups is 2. The molecule has 0 saturated carbocycles. The molecule has 0 aromatic heterocycles. The van der Waals surface area contributed by atoms with Crippen molar-refractivity contribution in [1.82, 2.24) is 0 Å². The molecule has 3 rings (SSSR count). The van der Waals surface area contributed by atoms with Gasteiger partial charge >= 0.3 is 0 Å². The van der Waals surface area contributed by atoms with Crippen LogP contribution in [0.4, 0.5) is 5.69 Å². The molecule has 26 heavy (non-hydrogen) atoms. The van der Waals surface area contributed by atoms with Crippen molar-refractivity contribution >= 4 is 34.8 Å². The Kier molecular flexibility index (Phi) is 5.32. The van der Waals surface area contributed by atoms with Gasteiger partial charge in [0, 0.05) is 18.2 Å². The van der Waals surface area contributed by atoms with E-state index in [1.54, 1.807) is 18.2 Å². The number of ether oxygens (including phenoxy) is 2. The lowest BCUT2D eigenvalue weighted by molar-refractivity contribution is -0.119. The van der Waals surface area contributed by atoms with Crippen LogP contribution in [-0.4, -0.2) is 31.8 Å². The molecular formula is C20H19NO4S. The van der Waals surface area contributed by atoms with Gasteiger partial charge in [0.05, 0.1) is 30.4 Å². The van der Waals surface area contributed by atoms with Crippen molar-refractivity contribution < 1.29 is 19.1 Å². The van der Waals surface area contributed by atoms with Crippen LogP contribution in [0.3, 0.4) is 0 Å². The number of nitrogens with zero attached hydrogens (tertiary/aromatic N) is 1. The Hall–Kier alpha value is -2.73. The van der Waals surface area contributed by atoms with Crippen LogP contribution in [0.15, 0.2) is 53.4 Å². The van der Waals surface area contributed by atoms with Crippen LogP contribution in [0.2, 0.25) is 0 Å². The van der Waals surface area contributed by atoms with Crippen molar-refractivity contribution in [2.75, 3.05) is 24.9 Å². The van der Waals surface area contributed by atoms with Crippen molar-refractivity contribution in [1.29, 1.82) is 0 Å². The normalized spacial score (nSPS) is 14.2. The lowest BCUT2D eigenvalue weighted by Crippen LogP contribution is -2.31. The maximum Gasteiger partial charge on any atom is 0.272 e. The average molecular weight is 369 g/mol. The van der Waals surface area contributed by atoms with E-state index in [1.165, 1.54) is 30.9 Å². The summed E-state index contributed by atoms with van der Waals surface area (Å²) >= 11 is 1.38. The molecule has 6 heteroatoms. The summed E-state index contributed by atoms with van der Waals surface area (Å²) in [5, 5.41) is 0. The van der Waals surface area contributed by atoms with Gasteiger partial charge in [-0.05, 0) is 11.3 Å². The molecule has 0 aliphatic carbocycles. The number of hydrogen-bond donors (Lipinski definition) is 0. The molecule has 0 N–H and O–H groups in total. The Morgan fingerprint density at radius 2 is 1.54 bits per heavy atom. The fourth-order valence-corrected chi connectivity index (χ4v) is 3.66. The minimum Gasteiger partial charge on any atom is -0.497 e. The molecule has 0 bridgehead atoms. The quantitative estimate of drug-likeness (QED) is 0.726. The molecule has 0 spiro atoms. The van der Waals surface area contributed by atoms with Crippen LogP contribution in [-0.2, 0) is 9.59 Å². The summed E-state index contributed by atoms with van der Waals surface area (Å²) in [6.07, 6.45) is 0. The highest BCUT2D eigenvalue weighted by Gasteiger charge is 2.40. The van der Waals surface area contributed by atoms with Crippen molar-refractivity contribution in [3.8, 4) is 11.5 Å². The minimum absolute atomic E-state index is 0.323. The number of benzene rings is 2. The highest BCUT2D eigenvalue weighted by atomic mass is 32.2. The third kappa shape index (κ3) is 3.20. The first-order valence-corrected chi connectivity index (χ1v) is 9.13. The average Bonchev–Trinajstić information content (AvgIpc) is 2.92. The zero-order valence-electron chi connectivity index (χ0n) is 14.8. The summed E-state index contributed by atoms with van der Waals surface area (Å²) in [7, 11) is 3.05. The maximum atomic E-state index is 13.2. The predicted octanol–water partition coefficient (Wildman–Crippen LogP) is 3.74. The number of methoxy groups -OCH3 is 2. The molecule has 2 aromatic carbocycles. The van der Waals surface area contributed by atoms with Crippen LogP contribution >= 0.6 is 11.8 Å². The first kappa shape index (κ1) is 18.1. The van der Waals surface area contributed by atoms with Gasteiger partial charge in [0.15, 0.2) is 0 Å². The van der Waals surface area contributed by atoms with Crippen LogP contribution in [0.5, 0.6) is 11.5 Å². The van der Waals surface area contributed by atoms with Crippen molar-refractivity contribution in [2.24, 2.45) is 0 Å². The first-order valence-electron chi connectivity index (χ1n) is 8.15. The Morgan fingerprint density at radius 1 is 0.923 bits per heavy atom. The fourth-order valence-electron chi connectivity index (χ4n) is 2.80. The first-order chi connectivity index (χ1) is 12.6. The van der Waals surface area contributed by atoms with E-state index < -0.39 is 0 Å². The van der Waals surface area contributed by atoms with Gasteiger partial charge < -0.3 is 9.47 Å². The van der Waals surface area contributed by atoms with E-state index in [9.17, 15) is 9.59 Å². The predicted molar refractivity (Wildman–Crippen MR) is 104 cm³/mol. The molecule has 5 nitrogen and oxygen atoms in total. The molecule has 0 saturated heterocycles. The van der Waals surface area contributed by atoms with Crippen molar-refractivity contribution in [2.45, 2.75) is 6.92 Å². The largest absolute Gasteiger partial charge is 0.497 e. The van der Waals surface area contributed by atoms with Gasteiger partial charge in [-0.25, -0.2) is 4.90 Å². The van der Waals surface area contributed by atoms with Gasteiger partial charge in [0.2, 0.25) is 0 Å². The second-order valence-electron chi connectivity index (χ2n) is 5.52. The highest BCUT2D eigenvalue weighted by Crippen LogP contribution is 2.40. The topological polar surface area (TPSA) is 55.8 Å². The van der Waals surface area contributed by atoms with E-state index in [1.807, 2.05) is 37.3 Å². The van der Waals surface area contributed by atoms with Crippen LogP contribution in [0, 0.1) is 0 Å². The Labute approximate surface area is 156 Å². The number of amides is 2. The van der Waals surface area contributed by atoms with Gasteiger partial charge in [0.25, 0.3) is 11.8 Å². The van der Waals surface area contributed by atoms with Crippen LogP contribution in [0.1, 0.15) is 12.5 Å². The number of hydrogen-bond acceptors (Lipinski definition) is 5. The molecule has 0 fully saturated rings. The third-order valence-electron chi connectivity index (χ3n) is 3.99. The zero-order valence-corrected chi connectivity index (χ0v) is 15.6. The number of carbonyl (C=O) groups excluding carboxylic acids is 2. The van der Waals surface area contributed by atoms with E-state index in [4.69, 9.17) is 9.47 Å². The monoisotopic (exact) mass is 369 g/mol. The number of anilines is 1. The highest BCUT2D eigenvalue weighted by molar-refractivity contribution is 8.04. The summed E-state index contributed by atoms with van der Waals surface area (Å²) in [5.74, 6) is 1.05. The summed E-state index contributed by atoms with van der Waals surface area (Å²) < 4.78 is 10.5. The second kappa shape index (κ2) is 7.66. The number of thioether (sulfide) groups is 1. The lowest BCUT2D eigenvalue weighted by Gasteiger charge is -2.17. The molecule has 0 unspecified atom stereocenters. The summed E-state index contributed by atoms with van der Waals surface area (Å²) in [6.45, 7) is 1.95. The molecule has 2 aromatic rings. The molecule has 0 radical (unpaired) electrons. The number of rotatable bonds is 6. The minimum atomic E-state index is -0.340. The van der Waals surface area contributed by atoms with Crippen LogP contribution in [0.25, 0.3) is 5.57 Å². The van der Waals surface area contributed by atoms with Gasteiger partial charge in [0.1, 0.15) is 11.5 Å². The van der Waals surface area contributed by atoms with Crippen molar-refractivity contribution in [3.63, 3.8) is 0 Å². The molecule has 0 atom stereocenters. The molecule has 1 heterocycles. The van der Waals surface area contributed by atoms with Gasteiger partial charge in [-0.15, -0.1) is 11.8 Å². The molecule has 134 valence electrons. The smallest absolute Gasteiger partial charge is 0.272 e. The second-order valence-corrected chi connectivity index (χ2v) is 6.79. The summed E-state index contributed by atoms with van der Waals surface area (Å²) in [4.78, 5) is 27.8. The van der Waals surface area contributed by atoms with Gasteiger partial charge in [-0.2, -0.15) is 0 Å². The van der Waals surface area contributed by atoms with E-state index >= 15 is 0 Å². The van der Waals surface area contributed by atoms with Crippen LogP contribution < -0.4 is 14.4 Å². The van der Waals surface area contributed by atoms with Gasteiger partial charge in [-0.3, -0.25) is 9.59 Å². The molecule has 2 amide bonds. The Bertz CT molecular complexity index is 854.